The van der Waals surface area contributed by atoms with Crippen molar-refractivity contribution in [2.24, 2.45) is 0 Å². The lowest BCUT2D eigenvalue weighted by Crippen LogP contribution is -2.50. The van der Waals surface area contributed by atoms with Gasteiger partial charge in [0.05, 0.1) is 0 Å². The number of rotatable bonds is 5. The molecule has 3 rings (SSSR count). The van der Waals surface area contributed by atoms with Crippen molar-refractivity contribution in [2.75, 3.05) is 24.5 Å². The van der Waals surface area contributed by atoms with Gasteiger partial charge in [-0.15, -0.1) is 0 Å². The summed E-state index contributed by atoms with van der Waals surface area (Å²) in [6, 6.07) is 11.2. The Morgan fingerprint density at radius 1 is 1.08 bits per heavy atom. The van der Waals surface area contributed by atoms with E-state index >= 15 is 0 Å². The maximum absolute atomic E-state index is 12.4. The monoisotopic (exact) mass is 364 g/mol. The van der Waals surface area contributed by atoms with Gasteiger partial charge in [0, 0.05) is 37.9 Å². The number of anilines is 1. The Hall–Kier alpha value is -2.64. The Morgan fingerprint density at radius 2 is 1.85 bits per heavy atom. The fraction of sp³-hybridized carbons (Fsp3) is 0.389. The number of halogens is 3. The van der Waals surface area contributed by atoms with Gasteiger partial charge in [-0.25, -0.2) is 9.97 Å². The van der Waals surface area contributed by atoms with E-state index in [0.29, 0.717) is 31.3 Å². The molecule has 0 spiro atoms. The van der Waals surface area contributed by atoms with Crippen LogP contribution in [0, 0.1) is 0 Å². The van der Waals surface area contributed by atoms with Gasteiger partial charge in [-0.2, -0.15) is 13.2 Å². The predicted molar refractivity (Wildman–Crippen MR) is 90.5 cm³/mol. The number of carbonyl (C=O) groups is 1. The lowest BCUT2D eigenvalue weighted by Gasteiger charge is -2.34. The van der Waals surface area contributed by atoms with Crippen molar-refractivity contribution in [3.05, 3.63) is 53.9 Å². The highest BCUT2D eigenvalue weighted by Crippen LogP contribution is 2.22. The number of benzene rings is 1. The number of amides is 1. The minimum Gasteiger partial charge on any atom is -0.335 e. The maximum atomic E-state index is 12.4. The average molecular weight is 364 g/mol. The number of piperazine rings is 1. The molecule has 2 heterocycles. The third-order valence-electron chi connectivity index (χ3n) is 4.18. The van der Waals surface area contributed by atoms with Crippen molar-refractivity contribution in [3.63, 3.8) is 0 Å². The van der Waals surface area contributed by atoms with Crippen molar-refractivity contribution >= 4 is 11.9 Å². The largest absolute Gasteiger partial charge is 0.389 e. The van der Waals surface area contributed by atoms with Crippen molar-refractivity contribution in [1.29, 1.82) is 0 Å². The molecule has 0 radical (unpaired) electrons. The average Bonchev–Trinajstić information content (AvgIpc) is 2.62. The molecule has 1 aliphatic heterocycles. The van der Waals surface area contributed by atoms with E-state index in [1.54, 1.807) is 9.80 Å². The molecule has 1 fully saturated rings. The van der Waals surface area contributed by atoms with E-state index in [9.17, 15) is 18.0 Å². The van der Waals surface area contributed by atoms with Gasteiger partial charge >= 0.3 is 6.18 Å². The molecule has 1 aliphatic rings. The van der Waals surface area contributed by atoms with E-state index < -0.39 is 12.6 Å². The molecule has 8 heteroatoms. The number of aromatic nitrogens is 2. The zero-order valence-corrected chi connectivity index (χ0v) is 14.1. The van der Waals surface area contributed by atoms with Crippen LogP contribution in [0.4, 0.5) is 19.1 Å². The molecule has 5 nitrogen and oxygen atoms in total. The molecule has 26 heavy (non-hydrogen) atoms. The molecule has 1 amide bonds. The lowest BCUT2D eigenvalue weighted by atomic mass is 10.2. The summed E-state index contributed by atoms with van der Waals surface area (Å²) in [6.07, 6.45) is -3.90. The zero-order valence-electron chi connectivity index (χ0n) is 14.1. The maximum Gasteiger partial charge on any atom is 0.389 e. The van der Waals surface area contributed by atoms with Crippen LogP contribution in [0.15, 0.2) is 42.6 Å². The number of nitrogens with zero attached hydrogens (tertiary/aromatic N) is 4. The first kappa shape index (κ1) is 18.2. The molecule has 1 aromatic carbocycles. The number of aryl methyl sites for hydroxylation is 1. The highest BCUT2D eigenvalue weighted by Gasteiger charge is 2.28. The Labute approximate surface area is 149 Å². The molecule has 0 bridgehead atoms. The molecule has 1 saturated heterocycles. The Bertz CT molecular complexity index is 752. The first-order chi connectivity index (χ1) is 12.4. The Balaban J connectivity index is 1.61. The summed E-state index contributed by atoms with van der Waals surface area (Å²) in [7, 11) is 0. The van der Waals surface area contributed by atoms with Gasteiger partial charge in [0.25, 0.3) is 0 Å². The molecule has 0 aliphatic carbocycles. The number of hydrogen-bond donors (Lipinski definition) is 0. The second kappa shape index (κ2) is 7.72. The highest BCUT2D eigenvalue weighted by atomic mass is 19.4. The summed E-state index contributed by atoms with van der Waals surface area (Å²) in [4.78, 5) is 24.2. The number of carbonyl (C=O) groups excluding carboxylic acids is 1. The molecule has 0 atom stereocenters. The Morgan fingerprint density at radius 3 is 2.54 bits per heavy atom. The van der Waals surface area contributed by atoms with Crippen LogP contribution in [0.5, 0.6) is 0 Å². The third kappa shape index (κ3) is 4.93. The summed E-state index contributed by atoms with van der Waals surface area (Å²) < 4.78 is 37.1. The zero-order chi connectivity index (χ0) is 18.6. The second-order valence-corrected chi connectivity index (χ2v) is 6.19. The summed E-state index contributed by atoms with van der Waals surface area (Å²) in [5, 5.41) is 0. The van der Waals surface area contributed by atoms with Crippen LogP contribution in [0.2, 0.25) is 0 Å². The van der Waals surface area contributed by atoms with Crippen molar-refractivity contribution in [2.45, 2.75) is 25.6 Å². The molecule has 2 aromatic rings. The van der Waals surface area contributed by atoms with E-state index in [-0.39, 0.29) is 18.9 Å². The van der Waals surface area contributed by atoms with Crippen LogP contribution in [0.25, 0.3) is 0 Å². The van der Waals surface area contributed by atoms with Crippen LogP contribution < -0.4 is 4.90 Å². The first-order valence-electron chi connectivity index (χ1n) is 8.36. The fourth-order valence-corrected chi connectivity index (χ4v) is 2.80. The Kier molecular flexibility index (Phi) is 5.39. The van der Waals surface area contributed by atoms with Gasteiger partial charge in [-0.05, 0) is 18.1 Å². The molecular weight excluding hydrogens is 345 g/mol. The molecule has 0 N–H and O–H groups in total. The summed E-state index contributed by atoms with van der Waals surface area (Å²) in [6.45, 7) is 1.72. The number of alkyl halides is 3. The van der Waals surface area contributed by atoms with E-state index in [2.05, 4.69) is 9.97 Å². The van der Waals surface area contributed by atoms with Gasteiger partial charge in [-0.3, -0.25) is 4.79 Å². The van der Waals surface area contributed by atoms with Crippen molar-refractivity contribution in [3.8, 4) is 0 Å². The lowest BCUT2D eigenvalue weighted by molar-refractivity contribution is -0.134. The van der Waals surface area contributed by atoms with Gasteiger partial charge in [0.1, 0.15) is 6.54 Å². The van der Waals surface area contributed by atoms with E-state index in [1.165, 1.54) is 12.3 Å². The third-order valence-corrected chi connectivity index (χ3v) is 4.18. The molecule has 0 unspecified atom stereocenters. The first-order valence-corrected chi connectivity index (χ1v) is 8.36. The summed E-state index contributed by atoms with van der Waals surface area (Å²) in [5.74, 6) is 0.252. The predicted octanol–water partition coefficient (Wildman–Crippen LogP) is 2.82. The minimum absolute atomic E-state index is 0.0515. The minimum atomic E-state index is -4.22. The van der Waals surface area contributed by atoms with Gasteiger partial charge in [0.15, 0.2) is 0 Å². The molecular formula is C18H19F3N4O. The quantitative estimate of drug-likeness (QED) is 0.819. The van der Waals surface area contributed by atoms with E-state index in [1.807, 2.05) is 30.3 Å². The van der Waals surface area contributed by atoms with Gasteiger partial charge in [-0.1, -0.05) is 30.3 Å². The highest BCUT2D eigenvalue weighted by molar-refractivity contribution is 5.82. The van der Waals surface area contributed by atoms with Crippen LogP contribution in [-0.4, -0.2) is 46.6 Å². The standard InChI is InChI=1S/C18H19F3N4O/c19-18(20,21)8-6-15-7-9-22-17(23-15)25-11-10-24(16(26)13-25)12-14-4-2-1-3-5-14/h1-5,7,9H,6,8,10-13H2. The second-order valence-electron chi connectivity index (χ2n) is 6.19. The van der Waals surface area contributed by atoms with Crippen LogP contribution in [0.3, 0.4) is 0 Å². The van der Waals surface area contributed by atoms with Crippen molar-refractivity contribution in [1.82, 2.24) is 14.9 Å². The smallest absolute Gasteiger partial charge is 0.335 e. The summed E-state index contributed by atoms with van der Waals surface area (Å²) in [5.41, 5.74) is 1.38. The summed E-state index contributed by atoms with van der Waals surface area (Å²) >= 11 is 0. The molecule has 0 saturated carbocycles. The van der Waals surface area contributed by atoms with Crippen LogP contribution in [0.1, 0.15) is 17.7 Å². The fourth-order valence-electron chi connectivity index (χ4n) is 2.80. The van der Waals surface area contributed by atoms with E-state index in [4.69, 9.17) is 0 Å². The number of hydrogen-bond acceptors (Lipinski definition) is 4. The molecule has 138 valence electrons. The van der Waals surface area contributed by atoms with Crippen LogP contribution >= 0.6 is 0 Å². The van der Waals surface area contributed by atoms with Gasteiger partial charge in [0.2, 0.25) is 11.9 Å². The SMILES string of the molecule is O=C1CN(c2nccc(CCC(F)(F)F)n2)CCN1Cc1ccccc1. The topological polar surface area (TPSA) is 49.3 Å². The van der Waals surface area contributed by atoms with Crippen LogP contribution in [-0.2, 0) is 17.8 Å². The van der Waals surface area contributed by atoms with Gasteiger partial charge < -0.3 is 9.80 Å². The van der Waals surface area contributed by atoms with Crippen molar-refractivity contribution < 1.29 is 18.0 Å². The normalized spacial score (nSPS) is 15.4. The van der Waals surface area contributed by atoms with E-state index in [0.717, 1.165) is 5.56 Å². The molecule has 1 aromatic heterocycles.